The number of methoxy groups -OCH3 is 1. The molecule has 0 saturated carbocycles. The third-order valence-electron chi connectivity index (χ3n) is 3.07. The van der Waals surface area contributed by atoms with Gasteiger partial charge in [0.1, 0.15) is 0 Å². The second-order valence-corrected chi connectivity index (χ2v) is 6.09. The highest BCUT2D eigenvalue weighted by molar-refractivity contribution is 9.10. The average Bonchev–Trinajstić information content (AvgIpc) is 2.97. The van der Waals surface area contributed by atoms with Gasteiger partial charge in [0.25, 0.3) is 0 Å². The van der Waals surface area contributed by atoms with E-state index in [1.165, 1.54) is 10.4 Å². The molecule has 0 aliphatic carbocycles. The maximum absolute atomic E-state index is 5.14. The van der Waals surface area contributed by atoms with Crippen molar-refractivity contribution >= 4 is 27.3 Å². The molecule has 6 heteroatoms. The SMILES string of the molecule is CNC(c1sccc1C)c1c(Br)cnn1CCOC. The lowest BCUT2D eigenvalue weighted by molar-refractivity contribution is 0.182. The molecule has 0 aromatic carbocycles. The van der Waals surface area contributed by atoms with Gasteiger partial charge in [-0.2, -0.15) is 5.10 Å². The van der Waals surface area contributed by atoms with Crippen molar-refractivity contribution < 1.29 is 4.74 Å². The minimum atomic E-state index is 0.147. The summed E-state index contributed by atoms with van der Waals surface area (Å²) in [6.45, 7) is 3.54. The molecule has 2 heterocycles. The Bertz CT molecular complexity index is 538. The number of hydrogen-bond acceptors (Lipinski definition) is 4. The largest absolute Gasteiger partial charge is 0.383 e. The monoisotopic (exact) mass is 343 g/mol. The number of halogens is 1. The quantitative estimate of drug-likeness (QED) is 0.876. The van der Waals surface area contributed by atoms with E-state index < -0.39 is 0 Å². The Morgan fingerprint density at radius 2 is 2.37 bits per heavy atom. The van der Waals surface area contributed by atoms with Crippen molar-refractivity contribution in [3.05, 3.63) is 38.3 Å². The molecule has 2 rings (SSSR count). The number of hydrogen-bond donors (Lipinski definition) is 1. The molecule has 0 aliphatic rings. The molecule has 0 saturated heterocycles. The van der Waals surface area contributed by atoms with Crippen LogP contribution in [0.3, 0.4) is 0 Å². The van der Waals surface area contributed by atoms with Gasteiger partial charge in [-0.05, 0) is 46.9 Å². The summed E-state index contributed by atoms with van der Waals surface area (Å²) >= 11 is 5.37. The number of thiophene rings is 1. The highest BCUT2D eigenvalue weighted by Crippen LogP contribution is 2.33. The molecule has 0 aliphatic heterocycles. The first kappa shape index (κ1) is 14.7. The van der Waals surface area contributed by atoms with Crippen molar-refractivity contribution in [3.8, 4) is 0 Å². The average molecular weight is 344 g/mol. The zero-order valence-electron chi connectivity index (χ0n) is 11.3. The van der Waals surface area contributed by atoms with Crippen molar-refractivity contribution in [1.82, 2.24) is 15.1 Å². The molecular weight excluding hydrogens is 326 g/mol. The lowest BCUT2D eigenvalue weighted by Gasteiger charge is -2.18. The molecule has 0 fully saturated rings. The second kappa shape index (κ2) is 6.65. The van der Waals surface area contributed by atoms with Crippen LogP contribution in [0.4, 0.5) is 0 Å². The van der Waals surface area contributed by atoms with E-state index in [0.29, 0.717) is 6.61 Å². The number of aromatic nitrogens is 2. The Hall–Kier alpha value is -0.690. The fourth-order valence-electron chi connectivity index (χ4n) is 2.09. The fourth-order valence-corrected chi connectivity index (χ4v) is 3.65. The van der Waals surface area contributed by atoms with Crippen LogP contribution in [-0.2, 0) is 11.3 Å². The Balaban J connectivity index is 2.38. The lowest BCUT2D eigenvalue weighted by Crippen LogP contribution is -2.22. The minimum Gasteiger partial charge on any atom is -0.383 e. The molecule has 1 atom stereocenters. The molecule has 0 bridgehead atoms. The number of nitrogens with one attached hydrogen (secondary N) is 1. The molecule has 0 amide bonds. The topological polar surface area (TPSA) is 39.1 Å². The van der Waals surface area contributed by atoms with E-state index in [-0.39, 0.29) is 6.04 Å². The number of nitrogens with zero attached hydrogens (tertiary/aromatic N) is 2. The number of aryl methyl sites for hydroxylation is 1. The van der Waals surface area contributed by atoms with Crippen LogP contribution in [0.15, 0.2) is 22.1 Å². The smallest absolute Gasteiger partial charge is 0.0853 e. The molecular formula is C13H18BrN3OS. The van der Waals surface area contributed by atoms with Gasteiger partial charge in [0.2, 0.25) is 0 Å². The van der Waals surface area contributed by atoms with Crippen LogP contribution in [0.5, 0.6) is 0 Å². The summed E-state index contributed by atoms with van der Waals surface area (Å²) in [6, 6.07) is 2.29. The second-order valence-electron chi connectivity index (χ2n) is 4.28. The fraction of sp³-hybridized carbons (Fsp3) is 0.462. The van der Waals surface area contributed by atoms with Crippen molar-refractivity contribution in [3.63, 3.8) is 0 Å². The van der Waals surface area contributed by atoms with Crippen LogP contribution in [0.25, 0.3) is 0 Å². The number of rotatable bonds is 6. The van der Waals surface area contributed by atoms with Crippen molar-refractivity contribution in [1.29, 1.82) is 0 Å². The van der Waals surface area contributed by atoms with Crippen LogP contribution in [0.1, 0.15) is 22.2 Å². The molecule has 4 nitrogen and oxygen atoms in total. The normalized spacial score (nSPS) is 12.8. The van der Waals surface area contributed by atoms with Gasteiger partial charge in [-0.3, -0.25) is 4.68 Å². The highest BCUT2D eigenvalue weighted by atomic mass is 79.9. The molecule has 2 aromatic rings. The van der Waals surface area contributed by atoms with Crippen LogP contribution in [0, 0.1) is 6.92 Å². The summed E-state index contributed by atoms with van der Waals surface area (Å²) in [5, 5.41) is 9.92. The first-order chi connectivity index (χ1) is 9.19. The standard InChI is InChI=1S/C13H18BrN3OS/c1-9-4-7-19-13(9)11(15-2)12-10(14)8-16-17(12)5-6-18-3/h4,7-8,11,15H,5-6H2,1-3H3. The van der Waals surface area contributed by atoms with Crippen LogP contribution < -0.4 is 5.32 Å². The van der Waals surface area contributed by atoms with Gasteiger partial charge in [0.15, 0.2) is 0 Å². The van der Waals surface area contributed by atoms with Crippen molar-refractivity contribution in [2.45, 2.75) is 19.5 Å². The van der Waals surface area contributed by atoms with E-state index in [2.05, 4.69) is 44.7 Å². The number of ether oxygens (including phenoxy) is 1. The summed E-state index contributed by atoms with van der Waals surface area (Å²) in [5.41, 5.74) is 2.45. The van der Waals surface area contributed by atoms with Gasteiger partial charge in [-0.25, -0.2) is 0 Å². The van der Waals surface area contributed by atoms with E-state index >= 15 is 0 Å². The van der Waals surface area contributed by atoms with Crippen LogP contribution in [-0.4, -0.2) is 30.5 Å². The summed E-state index contributed by atoms with van der Waals surface area (Å²) < 4.78 is 8.16. The first-order valence-electron chi connectivity index (χ1n) is 6.10. The Morgan fingerprint density at radius 1 is 1.58 bits per heavy atom. The molecule has 19 heavy (non-hydrogen) atoms. The molecule has 104 valence electrons. The van der Waals surface area contributed by atoms with Gasteiger partial charge in [0.05, 0.1) is 35.6 Å². The summed E-state index contributed by atoms with van der Waals surface area (Å²) in [5.74, 6) is 0. The summed E-state index contributed by atoms with van der Waals surface area (Å²) in [7, 11) is 3.68. The predicted octanol–water partition coefficient (Wildman–Crippen LogP) is 2.97. The third kappa shape index (κ3) is 3.08. The van der Waals surface area contributed by atoms with Crippen LogP contribution >= 0.6 is 27.3 Å². The maximum Gasteiger partial charge on any atom is 0.0853 e. The van der Waals surface area contributed by atoms with Gasteiger partial charge in [-0.1, -0.05) is 0 Å². The Morgan fingerprint density at radius 3 is 2.95 bits per heavy atom. The van der Waals surface area contributed by atoms with Gasteiger partial charge >= 0.3 is 0 Å². The first-order valence-corrected chi connectivity index (χ1v) is 7.77. The van der Waals surface area contributed by atoms with Crippen molar-refractivity contribution in [2.24, 2.45) is 0 Å². The van der Waals surface area contributed by atoms with Gasteiger partial charge in [0, 0.05) is 12.0 Å². The Kier molecular flexibility index (Phi) is 5.15. The van der Waals surface area contributed by atoms with E-state index in [0.717, 1.165) is 16.7 Å². The molecule has 0 spiro atoms. The zero-order chi connectivity index (χ0) is 13.8. The van der Waals surface area contributed by atoms with E-state index in [4.69, 9.17) is 4.74 Å². The summed E-state index contributed by atoms with van der Waals surface area (Å²) in [4.78, 5) is 1.32. The Labute approximate surface area is 125 Å². The third-order valence-corrected chi connectivity index (χ3v) is 4.76. The zero-order valence-corrected chi connectivity index (χ0v) is 13.7. The molecule has 2 aromatic heterocycles. The maximum atomic E-state index is 5.14. The van der Waals surface area contributed by atoms with E-state index in [1.807, 2.05) is 17.9 Å². The summed E-state index contributed by atoms with van der Waals surface area (Å²) in [6.07, 6.45) is 1.85. The highest BCUT2D eigenvalue weighted by Gasteiger charge is 2.22. The molecule has 0 radical (unpaired) electrons. The lowest BCUT2D eigenvalue weighted by atomic mass is 10.1. The van der Waals surface area contributed by atoms with Crippen molar-refractivity contribution in [2.75, 3.05) is 20.8 Å². The van der Waals surface area contributed by atoms with Gasteiger partial charge < -0.3 is 10.1 Å². The van der Waals surface area contributed by atoms with Gasteiger partial charge in [-0.15, -0.1) is 11.3 Å². The predicted molar refractivity (Wildman–Crippen MR) is 81.8 cm³/mol. The van der Waals surface area contributed by atoms with Crippen LogP contribution in [0.2, 0.25) is 0 Å². The molecule has 1 N–H and O–H groups in total. The minimum absolute atomic E-state index is 0.147. The van der Waals surface area contributed by atoms with E-state index in [1.54, 1.807) is 18.4 Å². The molecule has 1 unspecified atom stereocenters. The van der Waals surface area contributed by atoms with E-state index in [9.17, 15) is 0 Å².